The van der Waals surface area contributed by atoms with Crippen LogP contribution < -0.4 is 0 Å². The van der Waals surface area contributed by atoms with Crippen LogP contribution in [0.15, 0.2) is 0 Å². The Morgan fingerprint density at radius 2 is 2.09 bits per heavy atom. The maximum Gasteiger partial charge on any atom is 0.0664 e. The summed E-state index contributed by atoms with van der Waals surface area (Å²) < 4.78 is 0. The first kappa shape index (κ1) is 9.01. The molecule has 11 heavy (non-hydrogen) atoms. The topological polar surface area (TPSA) is 23.2 Å². The smallest absolute Gasteiger partial charge is 0.0664 e. The molecule has 1 aliphatic rings. The molecule has 0 spiro atoms. The normalized spacial score (nSPS) is 38.7. The number of hydrogen-bond acceptors (Lipinski definition) is 2. The van der Waals surface area contributed by atoms with Gasteiger partial charge in [-0.2, -0.15) is 0 Å². The molecule has 0 saturated carbocycles. The quantitative estimate of drug-likeness (QED) is 0.621. The third kappa shape index (κ3) is 1.94. The van der Waals surface area contributed by atoms with Gasteiger partial charge < -0.3 is 5.11 Å². The van der Waals surface area contributed by atoms with Gasteiger partial charge in [-0.1, -0.05) is 13.8 Å². The van der Waals surface area contributed by atoms with Crippen molar-refractivity contribution in [2.75, 3.05) is 6.54 Å². The van der Waals surface area contributed by atoms with Crippen molar-refractivity contribution in [3.05, 3.63) is 0 Å². The van der Waals surface area contributed by atoms with E-state index in [1.165, 1.54) is 6.42 Å². The molecule has 1 heterocycles. The number of aliphatic hydroxyl groups is 1. The highest BCUT2D eigenvalue weighted by Crippen LogP contribution is 2.30. The predicted octanol–water partition coefficient (Wildman–Crippen LogP) is 1.24. The van der Waals surface area contributed by atoms with Gasteiger partial charge in [0, 0.05) is 18.6 Å². The molecular formula is C9H19NO. The van der Waals surface area contributed by atoms with Crippen molar-refractivity contribution in [1.82, 2.24) is 4.90 Å². The molecule has 2 heteroatoms. The second kappa shape index (κ2) is 3.55. The summed E-state index contributed by atoms with van der Waals surface area (Å²) in [6.07, 6.45) is 1.98. The molecule has 0 aromatic rings. The van der Waals surface area contributed by atoms with Gasteiger partial charge in [-0.15, -0.1) is 0 Å². The molecule has 0 aromatic heterocycles. The zero-order valence-corrected chi connectivity index (χ0v) is 7.75. The zero-order valence-electron chi connectivity index (χ0n) is 7.75. The molecule has 0 aromatic carbocycles. The second-order valence-corrected chi connectivity index (χ2v) is 3.48. The molecule has 1 N–H and O–H groups in total. The Labute approximate surface area is 69.2 Å². The molecular weight excluding hydrogens is 138 g/mol. The highest BCUT2D eigenvalue weighted by atomic mass is 16.3. The largest absolute Gasteiger partial charge is 0.392 e. The van der Waals surface area contributed by atoms with Crippen molar-refractivity contribution in [3.63, 3.8) is 0 Å². The number of aliphatic hydroxyl groups excluding tert-OH is 1. The van der Waals surface area contributed by atoms with Crippen molar-refractivity contribution >= 4 is 0 Å². The Morgan fingerprint density at radius 3 is 2.45 bits per heavy atom. The maximum absolute atomic E-state index is 9.36. The van der Waals surface area contributed by atoms with E-state index >= 15 is 0 Å². The van der Waals surface area contributed by atoms with E-state index in [0.29, 0.717) is 6.04 Å². The third-order valence-electron chi connectivity index (χ3n) is 2.73. The number of nitrogens with zero attached hydrogens (tertiary/aromatic N) is 1. The van der Waals surface area contributed by atoms with Crippen LogP contribution in [0, 0.1) is 0 Å². The van der Waals surface area contributed by atoms with E-state index in [4.69, 9.17) is 0 Å². The van der Waals surface area contributed by atoms with Gasteiger partial charge in [0.2, 0.25) is 0 Å². The molecule has 0 amide bonds. The molecule has 0 bridgehead atoms. The van der Waals surface area contributed by atoms with Crippen LogP contribution in [-0.2, 0) is 0 Å². The Balaban J connectivity index is 2.20. The van der Waals surface area contributed by atoms with Crippen molar-refractivity contribution in [2.24, 2.45) is 0 Å². The molecule has 4 unspecified atom stereocenters. The number of hydrogen-bond donors (Lipinski definition) is 1. The van der Waals surface area contributed by atoms with E-state index in [1.54, 1.807) is 0 Å². The molecule has 0 aliphatic carbocycles. The van der Waals surface area contributed by atoms with Crippen LogP contribution in [-0.4, -0.2) is 34.7 Å². The average molecular weight is 157 g/mol. The fourth-order valence-corrected chi connectivity index (χ4v) is 1.73. The predicted molar refractivity (Wildman–Crippen MR) is 46.5 cm³/mol. The SMILES string of the molecule is CCC(O)CN1C(C)C1CC. The molecule has 0 radical (unpaired) electrons. The fraction of sp³-hybridized carbons (Fsp3) is 1.00. The van der Waals surface area contributed by atoms with Crippen LogP contribution in [0.1, 0.15) is 33.6 Å². The lowest BCUT2D eigenvalue weighted by Crippen LogP contribution is -2.19. The van der Waals surface area contributed by atoms with Gasteiger partial charge in [0.1, 0.15) is 0 Å². The second-order valence-electron chi connectivity index (χ2n) is 3.48. The third-order valence-corrected chi connectivity index (χ3v) is 2.73. The van der Waals surface area contributed by atoms with Gasteiger partial charge in [0.05, 0.1) is 6.10 Å². The van der Waals surface area contributed by atoms with Gasteiger partial charge in [0.15, 0.2) is 0 Å². The first-order valence-corrected chi connectivity index (χ1v) is 4.64. The van der Waals surface area contributed by atoms with Crippen LogP contribution in [0.25, 0.3) is 0 Å². The first-order valence-electron chi connectivity index (χ1n) is 4.64. The molecule has 1 aliphatic heterocycles. The van der Waals surface area contributed by atoms with Gasteiger partial charge in [-0.05, 0) is 19.8 Å². The van der Waals surface area contributed by atoms with Crippen molar-refractivity contribution < 1.29 is 5.11 Å². The van der Waals surface area contributed by atoms with E-state index in [2.05, 4.69) is 18.7 Å². The van der Waals surface area contributed by atoms with E-state index < -0.39 is 0 Å². The highest BCUT2D eigenvalue weighted by molar-refractivity contribution is 4.98. The lowest BCUT2D eigenvalue weighted by atomic mass is 10.3. The van der Waals surface area contributed by atoms with E-state index in [9.17, 15) is 5.11 Å². The Bertz CT molecular complexity index is 127. The monoisotopic (exact) mass is 157 g/mol. The van der Waals surface area contributed by atoms with Crippen LogP contribution >= 0.6 is 0 Å². The summed E-state index contributed by atoms with van der Waals surface area (Å²) in [4.78, 5) is 2.37. The van der Waals surface area contributed by atoms with Crippen LogP contribution in [0.3, 0.4) is 0 Å². The van der Waals surface area contributed by atoms with Gasteiger partial charge >= 0.3 is 0 Å². The maximum atomic E-state index is 9.36. The van der Waals surface area contributed by atoms with Crippen molar-refractivity contribution in [3.8, 4) is 0 Å². The van der Waals surface area contributed by atoms with Crippen molar-refractivity contribution in [2.45, 2.75) is 51.8 Å². The van der Waals surface area contributed by atoms with Crippen LogP contribution in [0.2, 0.25) is 0 Å². The lowest BCUT2D eigenvalue weighted by Gasteiger charge is -2.08. The molecule has 1 saturated heterocycles. The molecule has 1 fully saturated rings. The molecule has 1 rings (SSSR count). The van der Waals surface area contributed by atoms with Crippen LogP contribution in [0.5, 0.6) is 0 Å². The molecule has 2 nitrogen and oxygen atoms in total. The minimum atomic E-state index is -0.117. The summed E-state index contributed by atoms with van der Waals surface area (Å²) in [5.41, 5.74) is 0. The van der Waals surface area contributed by atoms with Crippen molar-refractivity contribution in [1.29, 1.82) is 0 Å². The van der Waals surface area contributed by atoms with Crippen LogP contribution in [0.4, 0.5) is 0 Å². The Hall–Kier alpha value is -0.0800. The lowest BCUT2D eigenvalue weighted by molar-refractivity contribution is 0.144. The summed E-state index contributed by atoms with van der Waals surface area (Å²) in [5.74, 6) is 0. The number of rotatable bonds is 4. The summed E-state index contributed by atoms with van der Waals surface area (Å²) in [7, 11) is 0. The molecule has 66 valence electrons. The van der Waals surface area contributed by atoms with E-state index in [0.717, 1.165) is 19.0 Å². The summed E-state index contributed by atoms with van der Waals surface area (Å²) >= 11 is 0. The fourth-order valence-electron chi connectivity index (χ4n) is 1.73. The Kier molecular flexibility index (Phi) is 2.90. The first-order chi connectivity index (χ1) is 5.20. The summed E-state index contributed by atoms with van der Waals surface area (Å²) in [6.45, 7) is 7.34. The minimum Gasteiger partial charge on any atom is -0.392 e. The van der Waals surface area contributed by atoms with E-state index in [-0.39, 0.29) is 6.10 Å². The van der Waals surface area contributed by atoms with Gasteiger partial charge in [-0.3, -0.25) is 4.90 Å². The summed E-state index contributed by atoms with van der Waals surface area (Å²) in [5, 5.41) is 9.36. The number of β-amino-alcohol motifs (C(OH)–C–C–N with tert-alkyl or cyclic N) is 1. The zero-order chi connectivity index (χ0) is 8.43. The summed E-state index contributed by atoms with van der Waals surface area (Å²) in [6, 6.07) is 1.46. The standard InChI is InChI=1S/C9H19NO/c1-4-8(11)6-10-7(3)9(10)5-2/h7-9,11H,4-6H2,1-3H3. The van der Waals surface area contributed by atoms with E-state index in [1.807, 2.05) is 6.92 Å². The highest BCUT2D eigenvalue weighted by Gasteiger charge is 2.42. The molecule has 4 atom stereocenters. The van der Waals surface area contributed by atoms with Gasteiger partial charge in [0.25, 0.3) is 0 Å². The average Bonchev–Trinajstić information content (AvgIpc) is 2.61. The Morgan fingerprint density at radius 1 is 1.45 bits per heavy atom. The van der Waals surface area contributed by atoms with Gasteiger partial charge in [-0.25, -0.2) is 0 Å². The minimum absolute atomic E-state index is 0.117.